The highest BCUT2D eigenvalue weighted by atomic mass is 16.3. The van der Waals surface area contributed by atoms with Crippen LogP contribution in [-0.2, 0) is 12.8 Å². The Morgan fingerprint density at radius 1 is 1.15 bits per heavy atom. The highest BCUT2D eigenvalue weighted by molar-refractivity contribution is 5.97. The minimum Gasteiger partial charge on any atom is -0.508 e. The summed E-state index contributed by atoms with van der Waals surface area (Å²) >= 11 is 0. The lowest BCUT2D eigenvalue weighted by Crippen LogP contribution is -2.10. The number of hydrogen-bond acceptors (Lipinski definition) is 3. The van der Waals surface area contributed by atoms with Crippen LogP contribution in [0.15, 0.2) is 42.5 Å². The zero-order valence-electron chi connectivity index (χ0n) is 14.8. The Bertz CT molecular complexity index is 1030. The summed E-state index contributed by atoms with van der Waals surface area (Å²) < 4.78 is 0. The first kappa shape index (κ1) is 17.6. The number of phenolic OH excluding ortho intramolecular Hbond substituents is 1. The topological polar surface area (TPSA) is 103 Å². The molecule has 3 aromatic rings. The van der Waals surface area contributed by atoms with Crippen LogP contribution in [0.4, 0.5) is 0 Å². The van der Waals surface area contributed by atoms with Gasteiger partial charge in [0.05, 0.1) is 11.6 Å². The number of aromatic amines is 1. The Kier molecular flexibility index (Phi) is 4.43. The molecule has 0 unspecified atom stereocenters. The van der Waals surface area contributed by atoms with Gasteiger partial charge in [-0.3, -0.25) is 4.79 Å². The first-order valence-corrected chi connectivity index (χ1v) is 8.41. The monoisotopic (exact) mass is 347 g/mol. The first-order chi connectivity index (χ1) is 12.3. The van der Waals surface area contributed by atoms with E-state index in [9.17, 15) is 4.79 Å². The number of primary amides is 1. The Balaban J connectivity index is 0.000000151. The van der Waals surface area contributed by atoms with E-state index in [4.69, 9.17) is 16.1 Å². The van der Waals surface area contributed by atoms with Crippen molar-refractivity contribution in [3.8, 4) is 11.8 Å². The molecule has 0 saturated carbocycles. The summed E-state index contributed by atoms with van der Waals surface area (Å²) in [6.45, 7) is 4.55. The molecule has 4 N–H and O–H groups in total. The minimum absolute atomic E-state index is 0.169. The van der Waals surface area contributed by atoms with Crippen molar-refractivity contribution in [1.82, 2.24) is 4.98 Å². The second-order valence-corrected chi connectivity index (χ2v) is 7.43. The van der Waals surface area contributed by atoms with Gasteiger partial charge in [0.25, 0.3) is 5.91 Å². The second-order valence-electron chi connectivity index (χ2n) is 7.43. The van der Waals surface area contributed by atoms with E-state index >= 15 is 0 Å². The number of carbonyl (C=O) groups is 1. The lowest BCUT2D eigenvalue weighted by molar-refractivity contribution is 0.0996. The van der Waals surface area contributed by atoms with Crippen LogP contribution in [0.25, 0.3) is 10.9 Å². The summed E-state index contributed by atoms with van der Waals surface area (Å²) in [7, 11) is 0. The fraction of sp³-hybridized carbons (Fsp3) is 0.238. The van der Waals surface area contributed by atoms with Gasteiger partial charge in [0.1, 0.15) is 11.4 Å². The molecule has 5 heteroatoms. The number of carbonyl (C=O) groups excluding carboxylic acids is 1. The van der Waals surface area contributed by atoms with Crippen LogP contribution in [0.5, 0.6) is 5.75 Å². The van der Waals surface area contributed by atoms with E-state index in [-0.39, 0.29) is 5.75 Å². The fourth-order valence-corrected chi connectivity index (χ4v) is 3.38. The van der Waals surface area contributed by atoms with E-state index in [1.54, 1.807) is 24.3 Å². The van der Waals surface area contributed by atoms with Crippen LogP contribution < -0.4 is 5.73 Å². The highest BCUT2D eigenvalue weighted by Gasteiger charge is 2.27. The highest BCUT2D eigenvalue weighted by Crippen LogP contribution is 2.36. The van der Waals surface area contributed by atoms with Crippen molar-refractivity contribution < 1.29 is 9.90 Å². The van der Waals surface area contributed by atoms with Crippen LogP contribution in [0, 0.1) is 16.7 Å². The van der Waals surface area contributed by atoms with Gasteiger partial charge in [-0.2, -0.15) is 5.26 Å². The molecular weight excluding hydrogens is 326 g/mol. The van der Waals surface area contributed by atoms with Crippen molar-refractivity contribution in [1.29, 1.82) is 5.26 Å². The predicted octanol–water partition coefficient (Wildman–Crippen LogP) is 3.66. The van der Waals surface area contributed by atoms with Crippen LogP contribution >= 0.6 is 0 Å². The molecule has 0 spiro atoms. The van der Waals surface area contributed by atoms with Gasteiger partial charge in [-0.25, -0.2) is 0 Å². The number of amides is 1. The SMILES string of the molecule is CC1(C)Cc2ccc(C#N)cc2C1.NC(=O)c1cc2cc(O)ccc2[nH]1. The predicted molar refractivity (Wildman–Crippen MR) is 101 cm³/mol. The van der Waals surface area contributed by atoms with E-state index in [0.29, 0.717) is 11.1 Å². The Labute approximate surface area is 152 Å². The van der Waals surface area contributed by atoms with Crippen molar-refractivity contribution in [3.05, 3.63) is 64.8 Å². The summed E-state index contributed by atoms with van der Waals surface area (Å²) in [5.41, 5.74) is 10.2. The summed E-state index contributed by atoms with van der Waals surface area (Å²) in [6, 6.07) is 14.6. The number of nitrogens with one attached hydrogen (secondary N) is 1. The normalized spacial score (nSPS) is 14.2. The summed E-state index contributed by atoms with van der Waals surface area (Å²) in [4.78, 5) is 13.6. The van der Waals surface area contributed by atoms with E-state index in [1.807, 2.05) is 12.1 Å². The van der Waals surface area contributed by atoms with Crippen molar-refractivity contribution in [2.45, 2.75) is 26.7 Å². The molecule has 0 bridgehead atoms. The summed E-state index contributed by atoms with van der Waals surface area (Å²) in [6.07, 6.45) is 2.26. The van der Waals surface area contributed by atoms with Crippen molar-refractivity contribution in [2.24, 2.45) is 11.1 Å². The van der Waals surface area contributed by atoms with E-state index in [1.165, 1.54) is 11.1 Å². The maximum Gasteiger partial charge on any atom is 0.265 e. The molecule has 132 valence electrons. The van der Waals surface area contributed by atoms with Gasteiger partial charge in [0, 0.05) is 10.9 Å². The summed E-state index contributed by atoms with van der Waals surface area (Å²) in [5, 5.41) is 18.7. The molecule has 5 nitrogen and oxygen atoms in total. The van der Waals surface area contributed by atoms with Crippen molar-refractivity contribution in [2.75, 3.05) is 0 Å². The molecule has 4 rings (SSSR count). The van der Waals surface area contributed by atoms with Crippen LogP contribution in [-0.4, -0.2) is 16.0 Å². The van der Waals surface area contributed by atoms with Gasteiger partial charge in [-0.15, -0.1) is 0 Å². The van der Waals surface area contributed by atoms with Gasteiger partial charge in [0.15, 0.2) is 0 Å². The lowest BCUT2D eigenvalue weighted by Gasteiger charge is -2.14. The molecule has 1 aromatic heterocycles. The Morgan fingerprint density at radius 3 is 2.58 bits per heavy atom. The molecule has 0 atom stereocenters. The van der Waals surface area contributed by atoms with Gasteiger partial charge < -0.3 is 15.8 Å². The number of nitrogens with two attached hydrogens (primary N) is 1. The third kappa shape index (κ3) is 3.70. The number of nitriles is 1. The number of hydrogen-bond donors (Lipinski definition) is 3. The molecule has 26 heavy (non-hydrogen) atoms. The zero-order chi connectivity index (χ0) is 18.9. The molecule has 2 aromatic carbocycles. The lowest BCUT2D eigenvalue weighted by atomic mass is 9.90. The number of fused-ring (bicyclic) bond motifs is 2. The molecular formula is C21H21N3O2. The summed E-state index contributed by atoms with van der Waals surface area (Å²) in [5.74, 6) is -0.335. The average molecular weight is 347 g/mol. The largest absolute Gasteiger partial charge is 0.508 e. The number of aromatic hydroxyl groups is 1. The average Bonchev–Trinajstić information content (AvgIpc) is 3.13. The van der Waals surface area contributed by atoms with Gasteiger partial charge in [-0.05, 0) is 65.8 Å². The number of rotatable bonds is 1. The molecule has 1 amide bonds. The number of aromatic nitrogens is 1. The molecule has 0 aliphatic heterocycles. The number of H-pyrrole nitrogens is 1. The first-order valence-electron chi connectivity index (χ1n) is 8.41. The smallest absolute Gasteiger partial charge is 0.265 e. The fourth-order valence-electron chi connectivity index (χ4n) is 3.38. The third-order valence-electron chi connectivity index (χ3n) is 4.54. The standard InChI is InChI=1S/C12H13N.C9H8N2O2/c1-12(2)6-10-4-3-9(8-13)5-11(10)7-12;10-9(13)8-4-5-3-6(12)1-2-7(5)11-8/h3-5H,6-7H2,1-2H3;1-4,11-12H,(H2,10,13). The molecule has 0 radical (unpaired) electrons. The van der Waals surface area contributed by atoms with Crippen LogP contribution in [0.2, 0.25) is 0 Å². The molecule has 1 aliphatic carbocycles. The van der Waals surface area contributed by atoms with E-state index < -0.39 is 5.91 Å². The maximum atomic E-state index is 10.8. The second kappa shape index (κ2) is 6.57. The number of nitrogens with zero attached hydrogens (tertiary/aromatic N) is 1. The van der Waals surface area contributed by atoms with Gasteiger partial charge in [-0.1, -0.05) is 19.9 Å². The third-order valence-corrected chi connectivity index (χ3v) is 4.54. The molecule has 0 fully saturated rings. The molecule has 1 aliphatic rings. The quantitative estimate of drug-likeness (QED) is 0.626. The molecule has 0 saturated heterocycles. The number of benzene rings is 2. The van der Waals surface area contributed by atoms with Crippen molar-refractivity contribution in [3.63, 3.8) is 0 Å². The maximum absolute atomic E-state index is 10.8. The Morgan fingerprint density at radius 2 is 1.88 bits per heavy atom. The zero-order valence-corrected chi connectivity index (χ0v) is 14.8. The van der Waals surface area contributed by atoms with Gasteiger partial charge >= 0.3 is 0 Å². The minimum atomic E-state index is -0.504. The number of phenols is 1. The van der Waals surface area contributed by atoms with Gasteiger partial charge in [0.2, 0.25) is 0 Å². The van der Waals surface area contributed by atoms with E-state index in [2.05, 4.69) is 31.0 Å². The Hall–Kier alpha value is -3.26. The molecule has 1 heterocycles. The van der Waals surface area contributed by atoms with Crippen LogP contribution in [0.3, 0.4) is 0 Å². The van der Waals surface area contributed by atoms with Crippen LogP contribution in [0.1, 0.15) is 41.0 Å². The van der Waals surface area contributed by atoms with Crippen molar-refractivity contribution >= 4 is 16.8 Å². The van der Waals surface area contributed by atoms with E-state index in [0.717, 1.165) is 29.3 Å².